The van der Waals surface area contributed by atoms with Gasteiger partial charge in [-0.2, -0.15) is 0 Å². The van der Waals surface area contributed by atoms with Gasteiger partial charge in [0, 0.05) is 11.1 Å². The molecule has 0 aliphatic carbocycles. The van der Waals surface area contributed by atoms with Crippen LogP contribution < -0.4 is 5.32 Å². The molecule has 25 heavy (non-hydrogen) atoms. The summed E-state index contributed by atoms with van der Waals surface area (Å²) in [5.41, 5.74) is 1.08. The van der Waals surface area contributed by atoms with Crippen molar-refractivity contribution in [3.8, 4) is 0 Å². The van der Waals surface area contributed by atoms with Gasteiger partial charge in [0.05, 0.1) is 12.6 Å². The molecule has 0 radical (unpaired) electrons. The lowest BCUT2D eigenvalue weighted by molar-refractivity contribution is -0.124. The third kappa shape index (κ3) is 4.19. The maximum Gasteiger partial charge on any atom is 0.257 e. The number of hydrogen-bond acceptors (Lipinski definition) is 4. The normalized spacial score (nSPS) is 17.2. The average Bonchev–Trinajstić information content (AvgIpc) is 3.11. The van der Waals surface area contributed by atoms with Gasteiger partial charge in [0.2, 0.25) is 5.91 Å². The van der Waals surface area contributed by atoms with Gasteiger partial charge in [-0.05, 0) is 31.5 Å². The molecule has 2 aromatic carbocycles. The molecule has 0 saturated carbocycles. The fraction of sp³-hybridized carbons (Fsp3) is 0.250. The van der Waals surface area contributed by atoms with Crippen LogP contribution in [0.2, 0.25) is 0 Å². The average molecular weight is 336 g/mol. The van der Waals surface area contributed by atoms with Gasteiger partial charge < -0.3 is 0 Å². The quantitative estimate of drug-likeness (QED) is 0.672. The highest BCUT2D eigenvalue weighted by Gasteiger charge is 2.32. The van der Waals surface area contributed by atoms with Gasteiger partial charge in [-0.3, -0.25) is 24.6 Å². The molecule has 5 heteroatoms. The van der Waals surface area contributed by atoms with Crippen LogP contribution in [-0.4, -0.2) is 41.6 Å². The Hall–Kier alpha value is -2.79. The molecular formula is C20H20N2O3. The lowest BCUT2D eigenvalue weighted by Gasteiger charge is -2.22. The summed E-state index contributed by atoms with van der Waals surface area (Å²) < 4.78 is 0. The van der Waals surface area contributed by atoms with Crippen molar-refractivity contribution in [3.63, 3.8) is 0 Å². The van der Waals surface area contributed by atoms with E-state index >= 15 is 0 Å². The topological polar surface area (TPSA) is 66.5 Å². The van der Waals surface area contributed by atoms with Gasteiger partial charge in [0.25, 0.3) is 5.91 Å². The standard InChI is InChI=1S/C20H20N2O3/c23-18(15-8-3-1-4-9-15)14-22-13-7-12-17(22)20(25)21-19(24)16-10-5-2-6-11-16/h1-6,8-11,17H,7,12-14H2,(H,21,24,25)/t17-/m1/s1. The van der Waals surface area contributed by atoms with Crippen LogP contribution in [0.3, 0.4) is 0 Å². The van der Waals surface area contributed by atoms with E-state index in [1.165, 1.54) is 0 Å². The zero-order valence-corrected chi connectivity index (χ0v) is 13.9. The second-order valence-electron chi connectivity index (χ2n) is 6.10. The molecule has 1 N–H and O–H groups in total. The zero-order valence-electron chi connectivity index (χ0n) is 13.9. The second-order valence-corrected chi connectivity index (χ2v) is 6.10. The minimum Gasteiger partial charge on any atom is -0.293 e. The van der Waals surface area contributed by atoms with Gasteiger partial charge in [-0.25, -0.2) is 0 Å². The second kappa shape index (κ2) is 7.85. The Kier molecular flexibility index (Phi) is 5.36. The maximum absolute atomic E-state index is 12.5. The van der Waals surface area contributed by atoms with E-state index in [4.69, 9.17) is 0 Å². The molecule has 1 atom stereocenters. The number of amides is 2. The van der Waals surface area contributed by atoms with Crippen molar-refractivity contribution in [2.45, 2.75) is 18.9 Å². The maximum atomic E-state index is 12.5. The van der Waals surface area contributed by atoms with Crippen LogP contribution in [0, 0.1) is 0 Å². The first-order valence-corrected chi connectivity index (χ1v) is 8.37. The molecule has 0 spiro atoms. The van der Waals surface area contributed by atoms with Gasteiger partial charge in [-0.1, -0.05) is 48.5 Å². The minimum absolute atomic E-state index is 0.0188. The summed E-state index contributed by atoms with van der Waals surface area (Å²) in [6.45, 7) is 0.859. The molecule has 2 amide bonds. The number of hydrogen-bond donors (Lipinski definition) is 1. The monoisotopic (exact) mass is 336 g/mol. The predicted molar refractivity (Wildman–Crippen MR) is 94.3 cm³/mol. The molecule has 128 valence electrons. The van der Waals surface area contributed by atoms with Crippen LogP contribution in [-0.2, 0) is 4.79 Å². The number of benzene rings is 2. The summed E-state index contributed by atoms with van der Waals surface area (Å²) in [5.74, 6) is -0.770. The van der Waals surface area contributed by atoms with Gasteiger partial charge in [0.15, 0.2) is 5.78 Å². The molecule has 5 nitrogen and oxygen atoms in total. The number of carbonyl (C=O) groups is 3. The van der Waals surface area contributed by atoms with E-state index in [-0.39, 0.29) is 18.2 Å². The van der Waals surface area contributed by atoms with E-state index in [2.05, 4.69) is 5.32 Å². The third-order valence-electron chi connectivity index (χ3n) is 4.38. The molecule has 1 saturated heterocycles. The number of Topliss-reactive ketones (excluding diaryl/α,β-unsaturated/α-hetero) is 1. The predicted octanol–water partition coefficient (Wildman–Crippen LogP) is 2.29. The van der Waals surface area contributed by atoms with Gasteiger partial charge >= 0.3 is 0 Å². The summed E-state index contributed by atoms with van der Waals surface area (Å²) >= 11 is 0. The van der Waals surface area contributed by atoms with Crippen molar-refractivity contribution < 1.29 is 14.4 Å². The molecule has 1 fully saturated rings. The van der Waals surface area contributed by atoms with E-state index in [1.807, 2.05) is 29.2 Å². The van der Waals surface area contributed by atoms with Crippen LogP contribution in [0.15, 0.2) is 60.7 Å². The minimum atomic E-state index is -0.444. The molecule has 1 aliphatic rings. The number of nitrogens with zero attached hydrogens (tertiary/aromatic N) is 1. The highest BCUT2D eigenvalue weighted by molar-refractivity contribution is 6.06. The highest BCUT2D eigenvalue weighted by Crippen LogP contribution is 2.18. The summed E-state index contributed by atoms with van der Waals surface area (Å²) in [4.78, 5) is 38.8. The Balaban J connectivity index is 1.62. The molecule has 0 unspecified atom stereocenters. The van der Waals surface area contributed by atoms with Crippen molar-refractivity contribution in [1.82, 2.24) is 10.2 Å². The number of nitrogens with one attached hydrogen (secondary N) is 1. The highest BCUT2D eigenvalue weighted by atomic mass is 16.2. The van der Waals surface area contributed by atoms with E-state index in [9.17, 15) is 14.4 Å². The van der Waals surface area contributed by atoms with Crippen LogP contribution in [0.1, 0.15) is 33.6 Å². The van der Waals surface area contributed by atoms with Gasteiger partial charge in [-0.15, -0.1) is 0 Å². The van der Waals surface area contributed by atoms with Crippen LogP contribution in [0.25, 0.3) is 0 Å². The fourth-order valence-electron chi connectivity index (χ4n) is 3.07. The lowest BCUT2D eigenvalue weighted by atomic mass is 10.1. The van der Waals surface area contributed by atoms with Crippen LogP contribution in [0.4, 0.5) is 0 Å². The van der Waals surface area contributed by atoms with Crippen molar-refractivity contribution in [3.05, 3.63) is 71.8 Å². The smallest absolute Gasteiger partial charge is 0.257 e. The number of imide groups is 1. The summed E-state index contributed by atoms with van der Waals surface area (Å²) in [6.07, 6.45) is 1.48. The van der Waals surface area contributed by atoms with E-state index in [0.29, 0.717) is 24.1 Å². The number of rotatable bonds is 5. The first-order valence-electron chi connectivity index (χ1n) is 8.37. The Morgan fingerprint density at radius 3 is 2.16 bits per heavy atom. The van der Waals surface area contributed by atoms with Crippen molar-refractivity contribution >= 4 is 17.6 Å². The Morgan fingerprint density at radius 2 is 1.52 bits per heavy atom. The van der Waals surface area contributed by atoms with Crippen molar-refractivity contribution in [2.24, 2.45) is 0 Å². The van der Waals surface area contributed by atoms with E-state index in [1.54, 1.807) is 36.4 Å². The number of ketones is 1. The largest absolute Gasteiger partial charge is 0.293 e. The SMILES string of the molecule is O=C(CN1CCC[C@@H]1C(=O)NC(=O)c1ccccc1)c1ccccc1. The van der Waals surface area contributed by atoms with Crippen molar-refractivity contribution in [2.75, 3.05) is 13.1 Å². The zero-order chi connectivity index (χ0) is 17.6. The fourth-order valence-corrected chi connectivity index (χ4v) is 3.07. The Labute approximate surface area is 146 Å². The Bertz CT molecular complexity index is 759. The Morgan fingerprint density at radius 1 is 0.920 bits per heavy atom. The van der Waals surface area contributed by atoms with Crippen molar-refractivity contribution in [1.29, 1.82) is 0 Å². The molecule has 2 aromatic rings. The summed E-state index contributed by atoms with van der Waals surface area (Å²) in [7, 11) is 0. The van der Waals surface area contributed by atoms with Crippen LogP contribution >= 0.6 is 0 Å². The number of likely N-dealkylation sites (tertiary alicyclic amines) is 1. The number of carbonyl (C=O) groups excluding carboxylic acids is 3. The molecule has 1 heterocycles. The van der Waals surface area contributed by atoms with E-state index in [0.717, 1.165) is 6.42 Å². The molecule has 3 rings (SSSR count). The van der Waals surface area contributed by atoms with E-state index < -0.39 is 11.9 Å². The first-order chi connectivity index (χ1) is 12.1. The molecule has 0 bridgehead atoms. The third-order valence-corrected chi connectivity index (χ3v) is 4.38. The summed E-state index contributed by atoms with van der Waals surface area (Å²) in [5, 5.41) is 2.45. The first kappa shape index (κ1) is 17.0. The van der Waals surface area contributed by atoms with Gasteiger partial charge in [0.1, 0.15) is 0 Å². The lowest BCUT2D eigenvalue weighted by Crippen LogP contribution is -2.46. The molecule has 0 aromatic heterocycles. The summed E-state index contributed by atoms with van der Waals surface area (Å²) in [6, 6.07) is 17.2. The molecular weight excluding hydrogens is 316 g/mol. The van der Waals surface area contributed by atoms with Crippen LogP contribution in [0.5, 0.6) is 0 Å². The molecule has 1 aliphatic heterocycles.